The third-order valence-corrected chi connectivity index (χ3v) is 4.83. The molecule has 0 unspecified atom stereocenters. The Bertz CT molecular complexity index is 757. The lowest BCUT2D eigenvalue weighted by Gasteiger charge is -2.22. The molecule has 0 bridgehead atoms. The minimum atomic E-state index is -0.629. The fraction of sp³-hybridized carbons (Fsp3) is 0.278. The molecule has 1 atom stereocenters. The van der Waals surface area contributed by atoms with Crippen molar-refractivity contribution in [1.29, 1.82) is 0 Å². The summed E-state index contributed by atoms with van der Waals surface area (Å²) in [4.78, 5) is 30.9. The van der Waals surface area contributed by atoms with Crippen molar-refractivity contribution >= 4 is 11.8 Å². The second kappa shape index (κ2) is 4.77. The van der Waals surface area contributed by atoms with E-state index in [1.165, 1.54) is 10.5 Å². The van der Waals surface area contributed by atoms with Gasteiger partial charge in [-0.05, 0) is 35.6 Å². The molecule has 2 heterocycles. The number of carbonyl (C=O) groups excluding carboxylic acids is 2. The highest BCUT2D eigenvalue weighted by Crippen LogP contribution is 2.47. The Kier molecular flexibility index (Phi) is 2.86. The van der Waals surface area contributed by atoms with E-state index in [1.54, 1.807) is 12.4 Å². The van der Waals surface area contributed by atoms with Crippen LogP contribution in [0, 0.1) is 0 Å². The first-order valence-electron chi connectivity index (χ1n) is 7.53. The van der Waals surface area contributed by atoms with Crippen LogP contribution in [0.4, 0.5) is 0 Å². The smallest absolute Gasteiger partial charge is 0.240 e. The Morgan fingerprint density at radius 1 is 1.14 bits per heavy atom. The van der Waals surface area contributed by atoms with E-state index in [9.17, 15) is 9.59 Å². The largest absolute Gasteiger partial charge is 0.277 e. The number of nitrogens with zero attached hydrogens (tertiary/aromatic N) is 2. The van der Waals surface area contributed by atoms with Crippen LogP contribution in [0.5, 0.6) is 0 Å². The van der Waals surface area contributed by atoms with Crippen LogP contribution in [-0.2, 0) is 28.0 Å². The third-order valence-electron chi connectivity index (χ3n) is 4.83. The molecule has 1 fully saturated rings. The van der Waals surface area contributed by atoms with Crippen molar-refractivity contribution in [2.24, 2.45) is 0 Å². The predicted molar refractivity (Wildman–Crippen MR) is 80.9 cm³/mol. The SMILES string of the molecule is O=C1C[C@]2(CCc3ccccc32)C(=O)N1Cc1cccnc1. The number of aromatic nitrogens is 1. The number of aryl methyl sites for hydroxylation is 1. The van der Waals surface area contributed by atoms with Gasteiger partial charge in [0.2, 0.25) is 11.8 Å². The Morgan fingerprint density at radius 2 is 2.00 bits per heavy atom. The second-order valence-corrected chi connectivity index (χ2v) is 6.06. The maximum atomic E-state index is 13.0. The number of amides is 2. The molecule has 4 rings (SSSR count). The molecule has 0 N–H and O–H groups in total. The van der Waals surface area contributed by atoms with Gasteiger partial charge >= 0.3 is 0 Å². The quantitative estimate of drug-likeness (QED) is 0.798. The van der Waals surface area contributed by atoms with Crippen LogP contribution in [0.3, 0.4) is 0 Å². The van der Waals surface area contributed by atoms with Gasteiger partial charge < -0.3 is 0 Å². The molecule has 4 nitrogen and oxygen atoms in total. The van der Waals surface area contributed by atoms with E-state index in [2.05, 4.69) is 11.1 Å². The van der Waals surface area contributed by atoms with Gasteiger partial charge in [-0.2, -0.15) is 0 Å². The lowest BCUT2D eigenvalue weighted by Crippen LogP contribution is -2.36. The summed E-state index contributed by atoms with van der Waals surface area (Å²) in [5.74, 6) is -0.128. The van der Waals surface area contributed by atoms with Crippen molar-refractivity contribution in [2.45, 2.75) is 31.2 Å². The summed E-state index contributed by atoms with van der Waals surface area (Å²) < 4.78 is 0. The predicted octanol–water partition coefficient (Wildman–Crippen LogP) is 2.22. The molecule has 1 spiro atoms. The van der Waals surface area contributed by atoms with Gasteiger partial charge in [-0.3, -0.25) is 19.5 Å². The molecule has 2 aliphatic rings. The van der Waals surface area contributed by atoms with Crippen molar-refractivity contribution in [2.75, 3.05) is 0 Å². The molecular formula is C18H16N2O2. The van der Waals surface area contributed by atoms with Crippen LogP contribution in [0.15, 0.2) is 48.8 Å². The molecule has 1 saturated heterocycles. The topological polar surface area (TPSA) is 50.3 Å². The van der Waals surface area contributed by atoms with Gasteiger partial charge in [0.1, 0.15) is 0 Å². The van der Waals surface area contributed by atoms with Crippen molar-refractivity contribution in [3.63, 3.8) is 0 Å². The van der Waals surface area contributed by atoms with Crippen molar-refractivity contribution < 1.29 is 9.59 Å². The molecule has 0 saturated carbocycles. The summed E-state index contributed by atoms with van der Waals surface area (Å²) >= 11 is 0. The van der Waals surface area contributed by atoms with E-state index in [-0.39, 0.29) is 11.8 Å². The normalized spacial score (nSPS) is 23.4. The number of carbonyl (C=O) groups is 2. The summed E-state index contributed by atoms with van der Waals surface area (Å²) in [6.45, 7) is 0.315. The number of benzene rings is 1. The Morgan fingerprint density at radius 3 is 2.82 bits per heavy atom. The number of fused-ring (bicyclic) bond motifs is 2. The van der Waals surface area contributed by atoms with E-state index in [0.29, 0.717) is 13.0 Å². The number of pyridine rings is 1. The maximum absolute atomic E-state index is 13.0. The van der Waals surface area contributed by atoms with Gasteiger partial charge in [0.25, 0.3) is 0 Å². The standard InChI is InChI=1S/C18H16N2O2/c21-16-10-18(8-7-14-5-1-2-6-15(14)18)17(22)20(16)12-13-4-3-9-19-11-13/h1-6,9,11H,7-8,10,12H2/t18-/m0/s1. The fourth-order valence-electron chi connectivity index (χ4n) is 3.73. The van der Waals surface area contributed by atoms with Crippen LogP contribution < -0.4 is 0 Å². The van der Waals surface area contributed by atoms with Crippen molar-refractivity contribution in [3.8, 4) is 0 Å². The monoisotopic (exact) mass is 292 g/mol. The van der Waals surface area contributed by atoms with Crippen LogP contribution in [0.25, 0.3) is 0 Å². The summed E-state index contributed by atoms with van der Waals surface area (Å²) in [6.07, 6.45) is 5.29. The average Bonchev–Trinajstić information content (AvgIpc) is 3.03. The molecule has 22 heavy (non-hydrogen) atoms. The zero-order chi connectivity index (χ0) is 15.2. The minimum absolute atomic E-state index is 0.0497. The summed E-state index contributed by atoms with van der Waals surface area (Å²) in [7, 11) is 0. The average molecular weight is 292 g/mol. The molecule has 1 aliphatic carbocycles. The molecular weight excluding hydrogens is 276 g/mol. The first-order chi connectivity index (χ1) is 10.7. The van der Waals surface area contributed by atoms with Gasteiger partial charge in [0, 0.05) is 18.8 Å². The molecule has 110 valence electrons. The van der Waals surface area contributed by atoms with Crippen molar-refractivity contribution in [1.82, 2.24) is 9.88 Å². The van der Waals surface area contributed by atoms with E-state index >= 15 is 0 Å². The Balaban J connectivity index is 1.69. The lowest BCUT2D eigenvalue weighted by atomic mass is 9.80. The second-order valence-electron chi connectivity index (χ2n) is 6.06. The van der Waals surface area contributed by atoms with Gasteiger partial charge in [0.05, 0.1) is 12.0 Å². The zero-order valence-corrected chi connectivity index (χ0v) is 12.2. The third kappa shape index (κ3) is 1.80. The van der Waals surface area contributed by atoms with Crippen LogP contribution in [-0.4, -0.2) is 21.7 Å². The summed E-state index contributed by atoms with van der Waals surface area (Å²) in [5, 5.41) is 0. The molecule has 1 aliphatic heterocycles. The van der Waals surface area contributed by atoms with E-state index in [4.69, 9.17) is 0 Å². The number of likely N-dealkylation sites (tertiary alicyclic amines) is 1. The van der Waals surface area contributed by atoms with Crippen LogP contribution >= 0.6 is 0 Å². The van der Waals surface area contributed by atoms with Gasteiger partial charge in [-0.15, -0.1) is 0 Å². The number of hydrogen-bond acceptors (Lipinski definition) is 3. The Labute approximate surface area is 128 Å². The number of rotatable bonds is 2. The molecule has 1 aromatic carbocycles. The van der Waals surface area contributed by atoms with Crippen LogP contribution in [0.1, 0.15) is 29.5 Å². The maximum Gasteiger partial charge on any atom is 0.240 e. The van der Waals surface area contributed by atoms with E-state index in [1.807, 2.05) is 30.3 Å². The summed E-state index contributed by atoms with van der Waals surface area (Å²) in [5.41, 5.74) is 2.50. The van der Waals surface area contributed by atoms with E-state index < -0.39 is 5.41 Å². The van der Waals surface area contributed by atoms with Gasteiger partial charge in [-0.25, -0.2) is 0 Å². The van der Waals surface area contributed by atoms with Gasteiger partial charge in [-0.1, -0.05) is 30.3 Å². The Hall–Kier alpha value is -2.49. The highest BCUT2D eigenvalue weighted by Gasteiger charge is 2.55. The molecule has 2 amide bonds. The lowest BCUT2D eigenvalue weighted by molar-refractivity contribution is -0.140. The van der Waals surface area contributed by atoms with E-state index in [0.717, 1.165) is 24.0 Å². The summed E-state index contributed by atoms with van der Waals surface area (Å²) in [6, 6.07) is 11.7. The first kappa shape index (κ1) is 13.2. The van der Waals surface area contributed by atoms with Gasteiger partial charge in [0.15, 0.2) is 0 Å². The molecule has 2 aromatic rings. The molecule has 0 radical (unpaired) electrons. The highest BCUT2D eigenvalue weighted by molar-refractivity contribution is 6.09. The first-order valence-corrected chi connectivity index (χ1v) is 7.53. The van der Waals surface area contributed by atoms with Crippen molar-refractivity contribution in [3.05, 3.63) is 65.5 Å². The fourth-order valence-corrected chi connectivity index (χ4v) is 3.73. The highest BCUT2D eigenvalue weighted by atomic mass is 16.2. The number of hydrogen-bond donors (Lipinski definition) is 0. The minimum Gasteiger partial charge on any atom is -0.277 e. The number of imide groups is 1. The molecule has 1 aromatic heterocycles. The molecule has 4 heteroatoms. The zero-order valence-electron chi connectivity index (χ0n) is 12.2. The van der Waals surface area contributed by atoms with Crippen LogP contribution in [0.2, 0.25) is 0 Å².